The van der Waals surface area contributed by atoms with E-state index in [9.17, 15) is 8.42 Å². The van der Waals surface area contributed by atoms with Gasteiger partial charge in [-0.2, -0.15) is 0 Å². The minimum absolute atomic E-state index is 0.0798. The molecule has 0 unspecified atom stereocenters. The number of sulfonamides is 1. The molecule has 1 fully saturated rings. The number of nitrogen functional groups attached to an aromatic ring is 1. The van der Waals surface area contributed by atoms with E-state index in [4.69, 9.17) is 22.1 Å². The van der Waals surface area contributed by atoms with Crippen molar-refractivity contribution >= 4 is 27.3 Å². The van der Waals surface area contributed by atoms with E-state index in [0.29, 0.717) is 16.3 Å². The Morgan fingerprint density at radius 1 is 1.45 bits per heavy atom. The molecule has 0 aromatic heterocycles. The summed E-state index contributed by atoms with van der Waals surface area (Å²) in [6, 6.07) is 2.83. The average Bonchev–Trinajstić information content (AvgIpc) is 2.34. The molecule has 0 amide bonds. The summed E-state index contributed by atoms with van der Waals surface area (Å²) in [7, 11) is -2.03. The zero-order chi connectivity index (χ0) is 15.0. The van der Waals surface area contributed by atoms with E-state index >= 15 is 0 Å². The van der Waals surface area contributed by atoms with Crippen molar-refractivity contribution < 1.29 is 13.2 Å². The van der Waals surface area contributed by atoms with Crippen LogP contribution in [0.4, 0.5) is 5.69 Å². The summed E-state index contributed by atoms with van der Waals surface area (Å²) >= 11 is 5.98. The Morgan fingerprint density at radius 2 is 2.10 bits per heavy atom. The zero-order valence-electron chi connectivity index (χ0n) is 11.6. The van der Waals surface area contributed by atoms with E-state index in [2.05, 4.69) is 4.72 Å². The second-order valence-corrected chi connectivity index (χ2v) is 7.36. The molecule has 1 aromatic rings. The summed E-state index contributed by atoms with van der Waals surface area (Å²) < 4.78 is 32.5. The quantitative estimate of drug-likeness (QED) is 0.814. The lowest BCUT2D eigenvalue weighted by Gasteiger charge is -2.40. The number of hydrogen-bond donors (Lipinski definition) is 2. The van der Waals surface area contributed by atoms with Gasteiger partial charge in [0.1, 0.15) is 0 Å². The van der Waals surface area contributed by atoms with Crippen molar-refractivity contribution in [3.05, 3.63) is 22.7 Å². The van der Waals surface area contributed by atoms with Crippen molar-refractivity contribution in [2.75, 3.05) is 19.4 Å². The molecule has 0 saturated heterocycles. The lowest BCUT2D eigenvalue weighted by molar-refractivity contribution is -0.0659. The first kappa shape index (κ1) is 15.6. The smallest absolute Gasteiger partial charge is 0.240 e. The highest BCUT2D eigenvalue weighted by Gasteiger charge is 2.38. The summed E-state index contributed by atoms with van der Waals surface area (Å²) in [6.07, 6.45) is 2.78. The van der Waals surface area contributed by atoms with Gasteiger partial charge in [-0.15, -0.1) is 0 Å². The largest absolute Gasteiger partial charge is 0.398 e. The van der Waals surface area contributed by atoms with Crippen LogP contribution < -0.4 is 10.5 Å². The highest BCUT2D eigenvalue weighted by Crippen LogP contribution is 2.34. The topological polar surface area (TPSA) is 81.4 Å². The third-order valence-electron chi connectivity index (χ3n) is 3.95. The molecule has 0 radical (unpaired) electrons. The van der Waals surface area contributed by atoms with Gasteiger partial charge in [0.2, 0.25) is 10.0 Å². The number of methoxy groups -OCH3 is 1. The lowest BCUT2D eigenvalue weighted by Crippen LogP contribution is -2.49. The van der Waals surface area contributed by atoms with Crippen LogP contribution in [0.2, 0.25) is 5.02 Å². The van der Waals surface area contributed by atoms with Crippen molar-refractivity contribution in [3.8, 4) is 0 Å². The summed E-state index contributed by atoms with van der Waals surface area (Å²) in [5, 5.41) is 0.343. The highest BCUT2D eigenvalue weighted by molar-refractivity contribution is 7.89. The van der Waals surface area contributed by atoms with Gasteiger partial charge in [-0.3, -0.25) is 0 Å². The molecule has 0 aliphatic heterocycles. The molecule has 112 valence electrons. The Hall–Kier alpha value is -0.820. The predicted octanol–water partition coefficient (Wildman–Crippen LogP) is 2.08. The van der Waals surface area contributed by atoms with Crippen molar-refractivity contribution in [2.24, 2.45) is 0 Å². The maximum Gasteiger partial charge on any atom is 0.240 e. The normalized spacial score (nSPS) is 17.8. The number of anilines is 1. The van der Waals surface area contributed by atoms with Crippen LogP contribution >= 0.6 is 11.6 Å². The van der Waals surface area contributed by atoms with Gasteiger partial charge in [-0.25, -0.2) is 13.1 Å². The number of nitrogens with one attached hydrogen (secondary N) is 1. The van der Waals surface area contributed by atoms with Crippen LogP contribution in [-0.4, -0.2) is 27.7 Å². The molecule has 2 rings (SSSR count). The zero-order valence-corrected chi connectivity index (χ0v) is 13.1. The number of rotatable bonds is 5. The Balaban J connectivity index is 2.18. The minimum Gasteiger partial charge on any atom is -0.398 e. The molecule has 1 aliphatic carbocycles. The first-order valence-electron chi connectivity index (χ1n) is 6.40. The summed E-state index contributed by atoms with van der Waals surface area (Å²) in [6.45, 7) is 2.01. The average molecular weight is 319 g/mol. The molecule has 3 N–H and O–H groups in total. The van der Waals surface area contributed by atoms with Crippen LogP contribution in [0.15, 0.2) is 17.0 Å². The third-order valence-corrected chi connectivity index (χ3v) is 5.72. The van der Waals surface area contributed by atoms with Gasteiger partial charge < -0.3 is 10.5 Å². The molecular weight excluding hydrogens is 300 g/mol. The maximum absolute atomic E-state index is 12.3. The maximum atomic E-state index is 12.3. The van der Waals surface area contributed by atoms with Crippen LogP contribution in [-0.2, 0) is 14.8 Å². The number of halogens is 1. The molecule has 5 nitrogen and oxygen atoms in total. The Morgan fingerprint density at radius 3 is 2.55 bits per heavy atom. The fraction of sp³-hybridized carbons (Fsp3) is 0.538. The lowest BCUT2D eigenvalue weighted by atomic mass is 9.80. The van der Waals surface area contributed by atoms with Gasteiger partial charge in [0.15, 0.2) is 0 Å². The summed E-state index contributed by atoms with van der Waals surface area (Å²) in [4.78, 5) is 0.0798. The second kappa shape index (κ2) is 5.52. The van der Waals surface area contributed by atoms with E-state index in [1.54, 1.807) is 14.0 Å². The molecule has 0 heterocycles. The van der Waals surface area contributed by atoms with E-state index in [1.807, 2.05) is 0 Å². The van der Waals surface area contributed by atoms with Crippen molar-refractivity contribution in [3.63, 3.8) is 0 Å². The van der Waals surface area contributed by atoms with E-state index < -0.39 is 10.0 Å². The molecule has 1 aliphatic rings. The molecule has 0 spiro atoms. The fourth-order valence-electron chi connectivity index (χ4n) is 2.16. The van der Waals surface area contributed by atoms with Crippen LogP contribution in [0.25, 0.3) is 0 Å². The monoisotopic (exact) mass is 318 g/mol. The molecule has 20 heavy (non-hydrogen) atoms. The van der Waals surface area contributed by atoms with Crippen LogP contribution in [0, 0.1) is 6.92 Å². The second-order valence-electron chi connectivity index (χ2n) is 5.18. The van der Waals surface area contributed by atoms with Gasteiger partial charge in [0, 0.05) is 24.4 Å². The number of benzene rings is 1. The van der Waals surface area contributed by atoms with Crippen molar-refractivity contribution in [2.45, 2.75) is 36.7 Å². The Labute approximate surface area is 124 Å². The van der Waals surface area contributed by atoms with Crippen LogP contribution in [0.5, 0.6) is 0 Å². The van der Waals surface area contributed by atoms with Gasteiger partial charge in [0.05, 0.1) is 10.5 Å². The summed E-state index contributed by atoms with van der Waals surface area (Å²) in [5.74, 6) is 0. The van der Waals surface area contributed by atoms with E-state index in [1.165, 1.54) is 12.1 Å². The standard InChI is InChI=1S/C13H19ClN2O3S/c1-9-11(14)6-10(7-12(9)15)20(17,18)16-8-13(19-2)4-3-5-13/h6-7,16H,3-5,8,15H2,1-2H3. The SMILES string of the molecule is COC1(CNS(=O)(=O)c2cc(N)c(C)c(Cl)c2)CCC1. The van der Waals surface area contributed by atoms with Crippen LogP contribution in [0.3, 0.4) is 0 Å². The van der Waals surface area contributed by atoms with Gasteiger partial charge in [0.25, 0.3) is 0 Å². The van der Waals surface area contributed by atoms with Crippen molar-refractivity contribution in [1.82, 2.24) is 4.72 Å². The Kier molecular flexibility index (Phi) is 4.30. The first-order chi connectivity index (χ1) is 9.30. The first-order valence-corrected chi connectivity index (χ1v) is 8.26. The van der Waals surface area contributed by atoms with Crippen molar-refractivity contribution in [1.29, 1.82) is 0 Å². The third kappa shape index (κ3) is 2.93. The van der Waals surface area contributed by atoms with Gasteiger partial charge in [-0.05, 0) is 43.9 Å². The molecule has 7 heteroatoms. The number of ether oxygens (including phenoxy) is 1. The van der Waals surface area contributed by atoms with E-state index in [-0.39, 0.29) is 17.0 Å². The predicted molar refractivity (Wildman–Crippen MR) is 79.4 cm³/mol. The minimum atomic E-state index is -3.64. The molecular formula is C13H19ClN2O3S. The molecule has 0 bridgehead atoms. The summed E-state index contributed by atoms with van der Waals surface area (Å²) in [5.41, 5.74) is 6.44. The number of hydrogen-bond acceptors (Lipinski definition) is 4. The number of nitrogens with two attached hydrogens (primary N) is 1. The fourth-order valence-corrected chi connectivity index (χ4v) is 3.63. The molecule has 0 atom stereocenters. The van der Waals surface area contributed by atoms with Gasteiger partial charge in [-0.1, -0.05) is 11.6 Å². The van der Waals surface area contributed by atoms with Gasteiger partial charge >= 0.3 is 0 Å². The highest BCUT2D eigenvalue weighted by atomic mass is 35.5. The van der Waals surface area contributed by atoms with Crippen LogP contribution in [0.1, 0.15) is 24.8 Å². The molecule has 1 saturated carbocycles. The van der Waals surface area contributed by atoms with E-state index in [0.717, 1.165) is 19.3 Å². The molecule has 1 aromatic carbocycles. The Bertz CT molecular complexity index is 584.